The zero-order chi connectivity index (χ0) is 8.41. The molecule has 0 aliphatic heterocycles. The van der Waals surface area contributed by atoms with Gasteiger partial charge in [-0.25, -0.2) is 4.79 Å². The normalized spacial score (nSPS) is 12.5. The third-order valence-electron chi connectivity index (χ3n) is 0.527. The first-order valence-corrected chi connectivity index (χ1v) is 1.85. The van der Waals surface area contributed by atoms with Crippen LogP contribution in [-0.2, 0) is 4.79 Å². The lowest BCUT2D eigenvalue weighted by molar-refractivity contribution is -0.277. The van der Waals surface area contributed by atoms with Gasteiger partial charge in [0.15, 0.2) is 0 Å². The van der Waals surface area contributed by atoms with Gasteiger partial charge in [-0.15, -0.1) is 4.99 Å². The van der Waals surface area contributed by atoms with E-state index < -0.39 is 12.2 Å². The van der Waals surface area contributed by atoms with Crippen LogP contribution in [0.15, 0.2) is 4.99 Å². The molecule has 0 radical (unpaired) electrons. The molecular formula is C3F5NO. The summed E-state index contributed by atoms with van der Waals surface area (Å²) in [4.78, 5) is 10.3. The van der Waals surface area contributed by atoms with Crippen molar-refractivity contribution in [2.24, 2.45) is 4.99 Å². The van der Waals surface area contributed by atoms with E-state index in [1.165, 1.54) is 4.99 Å². The summed E-state index contributed by atoms with van der Waals surface area (Å²) < 4.78 is 55.7. The number of isocyanates is 1. The molecule has 0 saturated carbocycles. The average Bonchev–Trinajstić information content (AvgIpc) is 1.61. The average molecular weight is 161 g/mol. The lowest BCUT2D eigenvalue weighted by Gasteiger charge is -2.11. The molecule has 0 amide bonds. The van der Waals surface area contributed by atoms with Crippen LogP contribution in [-0.4, -0.2) is 18.3 Å². The molecule has 2 nitrogen and oxygen atoms in total. The smallest absolute Gasteiger partial charge is 0.211 e. The van der Waals surface area contributed by atoms with Gasteiger partial charge in [0.2, 0.25) is 6.08 Å². The quantitative estimate of drug-likeness (QED) is 0.248. The van der Waals surface area contributed by atoms with Crippen molar-refractivity contribution in [2.75, 3.05) is 0 Å². The molecule has 0 N–H and O–H groups in total. The molecule has 0 spiro atoms. The molecule has 0 saturated heterocycles. The number of hydrogen-bond donors (Lipinski definition) is 0. The summed E-state index contributed by atoms with van der Waals surface area (Å²) >= 11 is 0. The largest absolute Gasteiger partial charge is 0.478 e. The number of alkyl halides is 5. The zero-order valence-corrected chi connectivity index (χ0v) is 4.25. The molecule has 0 aliphatic carbocycles. The Morgan fingerprint density at radius 2 is 1.50 bits per heavy atom. The zero-order valence-electron chi connectivity index (χ0n) is 4.25. The Morgan fingerprint density at radius 1 is 1.10 bits per heavy atom. The maximum absolute atomic E-state index is 11.4. The molecule has 0 aromatic heterocycles. The van der Waals surface area contributed by atoms with Gasteiger partial charge >= 0.3 is 12.2 Å². The number of nitrogens with zero attached hydrogens (tertiary/aromatic N) is 1. The highest BCUT2D eigenvalue weighted by Crippen LogP contribution is 2.35. The lowest BCUT2D eigenvalue weighted by atomic mass is 10.5. The predicted octanol–water partition coefficient (Wildman–Crippen LogP) is 1.48. The first-order chi connectivity index (χ1) is 4.31. The number of aliphatic imine (C=N–C) groups is 1. The maximum Gasteiger partial charge on any atom is 0.478 e. The molecule has 58 valence electrons. The van der Waals surface area contributed by atoms with Crippen LogP contribution in [0.25, 0.3) is 0 Å². The minimum atomic E-state index is -5.82. The Morgan fingerprint density at radius 3 is 1.60 bits per heavy atom. The van der Waals surface area contributed by atoms with Crippen LogP contribution in [0.4, 0.5) is 22.0 Å². The van der Waals surface area contributed by atoms with Crippen LogP contribution in [0.2, 0.25) is 0 Å². The van der Waals surface area contributed by atoms with Crippen molar-refractivity contribution >= 4 is 6.08 Å². The predicted molar refractivity (Wildman–Crippen MR) is 19.1 cm³/mol. The van der Waals surface area contributed by atoms with Crippen LogP contribution in [0.3, 0.4) is 0 Å². The summed E-state index contributed by atoms with van der Waals surface area (Å²) in [6, 6.07) is -5.31. The van der Waals surface area contributed by atoms with Crippen molar-refractivity contribution in [3.05, 3.63) is 0 Å². The molecule has 7 heteroatoms. The first kappa shape index (κ1) is 9.03. The van der Waals surface area contributed by atoms with Crippen LogP contribution in [0, 0.1) is 0 Å². The van der Waals surface area contributed by atoms with E-state index in [1.807, 2.05) is 0 Å². The highest BCUT2D eigenvalue weighted by Gasteiger charge is 2.58. The van der Waals surface area contributed by atoms with Crippen molar-refractivity contribution in [2.45, 2.75) is 12.2 Å². The second-order valence-corrected chi connectivity index (χ2v) is 1.24. The van der Waals surface area contributed by atoms with Crippen molar-refractivity contribution in [1.29, 1.82) is 0 Å². The Hall–Kier alpha value is -0.970. The van der Waals surface area contributed by atoms with E-state index in [-0.39, 0.29) is 6.08 Å². The Labute approximate surface area is 51.4 Å². The van der Waals surface area contributed by atoms with Crippen LogP contribution < -0.4 is 0 Å². The topological polar surface area (TPSA) is 29.4 Å². The van der Waals surface area contributed by atoms with Gasteiger partial charge in [0.25, 0.3) is 0 Å². The SMILES string of the molecule is O=C=NC(F)(F)C(F)(F)F. The van der Waals surface area contributed by atoms with E-state index in [4.69, 9.17) is 4.79 Å². The third kappa shape index (κ3) is 1.77. The standard InChI is InChI=1S/C3F5NO/c4-2(5,6)3(7,8)9-1-10. The Balaban J connectivity index is 4.56. The van der Waals surface area contributed by atoms with Gasteiger partial charge in [0.05, 0.1) is 0 Å². The van der Waals surface area contributed by atoms with Gasteiger partial charge in [-0.05, 0) is 0 Å². The molecule has 0 aromatic rings. The second-order valence-electron chi connectivity index (χ2n) is 1.24. The fourth-order valence-corrected chi connectivity index (χ4v) is 0.121. The molecule has 0 unspecified atom stereocenters. The summed E-state index contributed by atoms with van der Waals surface area (Å²) in [5, 5.41) is 0. The van der Waals surface area contributed by atoms with Gasteiger partial charge in [0, 0.05) is 0 Å². The van der Waals surface area contributed by atoms with E-state index in [0.29, 0.717) is 0 Å². The van der Waals surface area contributed by atoms with E-state index >= 15 is 0 Å². The van der Waals surface area contributed by atoms with Gasteiger partial charge in [0.1, 0.15) is 0 Å². The molecule has 0 rings (SSSR count). The van der Waals surface area contributed by atoms with E-state index in [1.54, 1.807) is 0 Å². The van der Waals surface area contributed by atoms with Crippen LogP contribution in [0.1, 0.15) is 0 Å². The van der Waals surface area contributed by atoms with E-state index in [0.717, 1.165) is 0 Å². The van der Waals surface area contributed by atoms with Crippen molar-refractivity contribution < 1.29 is 26.7 Å². The van der Waals surface area contributed by atoms with Crippen LogP contribution >= 0.6 is 0 Å². The van der Waals surface area contributed by atoms with Crippen LogP contribution in [0.5, 0.6) is 0 Å². The molecular weight excluding hydrogens is 161 g/mol. The summed E-state index contributed by atoms with van der Waals surface area (Å²) in [7, 11) is 0. The highest BCUT2D eigenvalue weighted by atomic mass is 19.4. The van der Waals surface area contributed by atoms with Crippen molar-refractivity contribution in [1.82, 2.24) is 0 Å². The number of rotatable bonds is 1. The minimum Gasteiger partial charge on any atom is -0.211 e. The summed E-state index contributed by atoms with van der Waals surface area (Å²) in [5.41, 5.74) is 0. The Bertz CT molecular complexity index is 166. The highest BCUT2D eigenvalue weighted by molar-refractivity contribution is 5.33. The van der Waals surface area contributed by atoms with Crippen molar-refractivity contribution in [3.63, 3.8) is 0 Å². The van der Waals surface area contributed by atoms with E-state index in [9.17, 15) is 22.0 Å². The molecule has 0 aromatic carbocycles. The molecule has 0 bridgehead atoms. The molecule has 0 heterocycles. The fraction of sp³-hybridized carbons (Fsp3) is 0.667. The second kappa shape index (κ2) is 2.34. The molecule has 0 aliphatic rings. The van der Waals surface area contributed by atoms with Crippen molar-refractivity contribution in [3.8, 4) is 0 Å². The lowest BCUT2D eigenvalue weighted by Crippen LogP contribution is -2.33. The summed E-state index contributed by atoms with van der Waals surface area (Å²) in [6.07, 6.45) is -5.70. The molecule has 10 heavy (non-hydrogen) atoms. The number of carbonyl (C=O) groups excluding carboxylic acids is 1. The number of hydrogen-bond acceptors (Lipinski definition) is 2. The summed E-state index contributed by atoms with van der Waals surface area (Å²) in [6.45, 7) is 0. The Kier molecular flexibility index (Phi) is 2.11. The number of halogens is 5. The van der Waals surface area contributed by atoms with Gasteiger partial charge in [-0.1, -0.05) is 0 Å². The van der Waals surface area contributed by atoms with E-state index in [2.05, 4.69) is 0 Å². The third-order valence-corrected chi connectivity index (χ3v) is 0.527. The monoisotopic (exact) mass is 161 g/mol. The maximum atomic E-state index is 11.4. The fourth-order valence-electron chi connectivity index (χ4n) is 0.121. The molecule has 0 fully saturated rings. The summed E-state index contributed by atoms with van der Waals surface area (Å²) in [5.74, 6) is 0. The molecule has 0 atom stereocenters. The van der Waals surface area contributed by atoms with Gasteiger partial charge < -0.3 is 0 Å². The van der Waals surface area contributed by atoms with Gasteiger partial charge in [-0.3, -0.25) is 0 Å². The van der Waals surface area contributed by atoms with Gasteiger partial charge in [-0.2, -0.15) is 22.0 Å². The first-order valence-electron chi connectivity index (χ1n) is 1.85. The minimum absolute atomic E-state index is 0.120.